The predicted molar refractivity (Wildman–Crippen MR) is 93.1 cm³/mol. The summed E-state index contributed by atoms with van der Waals surface area (Å²) in [5, 5.41) is 0. The van der Waals surface area contributed by atoms with Gasteiger partial charge in [0, 0.05) is 0 Å². The smallest absolute Gasteiger partial charge is 0.0584 e. The van der Waals surface area contributed by atoms with Crippen LogP contribution in [0.5, 0.6) is 0 Å². The fraction of sp³-hybridized carbons (Fsp3) is 0.429. The van der Waals surface area contributed by atoms with Crippen molar-refractivity contribution in [2.24, 2.45) is 0 Å². The molecule has 0 bridgehead atoms. The molecule has 0 aromatic heterocycles. The highest BCUT2D eigenvalue weighted by Crippen LogP contribution is 2.24. The molecular formula is C21H28. The van der Waals surface area contributed by atoms with Gasteiger partial charge < -0.3 is 0 Å². The molecule has 21 heavy (non-hydrogen) atoms. The third-order valence-electron chi connectivity index (χ3n) is 3.63. The molecule has 0 nitrogen and oxygen atoms in total. The molecule has 2 aromatic rings. The lowest BCUT2D eigenvalue weighted by Crippen LogP contribution is -2.11. The topological polar surface area (TPSA) is 0 Å². The molecule has 0 amide bonds. The van der Waals surface area contributed by atoms with Crippen LogP contribution in [0.15, 0.2) is 48.4 Å². The zero-order chi connectivity index (χ0) is 19.2. The van der Waals surface area contributed by atoms with Crippen LogP contribution in [0.4, 0.5) is 0 Å². The van der Waals surface area contributed by atoms with E-state index in [0.717, 1.165) is 5.56 Å². The summed E-state index contributed by atoms with van der Waals surface area (Å²) in [6, 6.07) is 8.50. The Hall–Kier alpha value is -1.56. The van der Waals surface area contributed by atoms with E-state index in [1.165, 1.54) is 5.56 Å². The highest BCUT2D eigenvalue weighted by molar-refractivity contribution is 5.33. The molecule has 0 heteroatoms. The maximum absolute atomic E-state index is 8.35. The monoisotopic (exact) mass is 284 g/mol. The average molecular weight is 284 g/mol. The second-order valence-electron chi connectivity index (χ2n) is 7.73. The lowest BCUT2D eigenvalue weighted by molar-refractivity contribution is 0.590. The second kappa shape index (κ2) is 5.67. The van der Waals surface area contributed by atoms with Crippen LogP contribution in [-0.4, -0.2) is 0 Å². The number of benzene rings is 2. The lowest BCUT2D eigenvalue weighted by atomic mass is 9.85. The van der Waals surface area contributed by atoms with E-state index >= 15 is 0 Å². The third-order valence-corrected chi connectivity index (χ3v) is 3.63. The molecule has 0 aliphatic carbocycles. The summed E-state index contributed by atoms with van der Waals surface area (Å²) >= 11 is 0. The van der Waals surface area contributed by atoms with Gasteiger partial charge in [-0.1, -0.05) is 90.0 Å². The molecule has 0 fully saturated rings. The Balaban J connectivity index is 2.48. The number of rotatable bonds is 2. The first-order valence-electron chi connectivity index (χ1n) is 9.53. The molecule has 0 saturated heterocycles. The van der Waals surface area contributed by atoms with Crippen molar-refractivity contribution in [3.8, 4) is 0 Å². The normalized spacial score (nSPS) is 15.1. The van der Waals surface area contributed by atoms with Gasteiger partial charge in [0.05, 0.1) is 5.48 Å². The van der Waals surface area contributed by atoms with Crippen LogP contribution in [0.2, 0.25) is 0 Å². The first kappa shape index (κ1) is 11.1. The number of hydrogen-bond acceptors (Lipinski definition) is 0. The van der Waals surface area contributed by atoms with Gasteiger partial charge in [0.2, 0.25) is 0 Å². The van der Waals surface area contributed by atoms with Crippen molar-refractivity contribution in [2.45, 2.75) is 58.8 Å². The summed E-state index contributed by atoms with van der Waals surface area (Å²) < 4.78 is 33.3. The summed E-state index contributed by atoms with van der Waals surface area (Å²) in [7, 11) is 0. The Morgan fingerprint density at radius 1 is 0.667 bits per heavy atom. The number of hydrogen-bond donors (Lipinski definition) is 0. The Morgan fingerprint density at radius 2 is 1.14 bits per heavy atom. The van der Waals surface area contributed by atoms with E-state index in [0.29, 0.717) is 17.5 Å². The van der Waals surface area contributed by atoms with Gasteiger partial charge in [-0.05, 0) is 39.5 Å². The van der Waals surface area contributed by atoms with Crippen LogP contribution >= 0.6 is 0 Å². The standard InChI is InChI=1S/C21H28/c1-20(2,3)18-11-7-16(8-12-18)15-17-9-13-19(14-10-17)21(4,5)6/h7-14H,15H2,1-6H3/i7D,8D,11D,12D. The zero-order valence-corrected chi connectivity index (χ0v) is 14.0. The van der Waals surface area contributed by atoms with E-state index in [1.54, 1.807) is 0 Å². The Labute approximate surface area is 135 Å². The van der Waals surface area contributed by atoms with Crippen molar-refractivity contribution < 1.29 is 5.48 Å². The van der Waals surface area contributed by atoms with Gasteiger partial charge in [-0.2, -0.15) is 0 Å². The van der Waals surface area contributed by atoms with Crippen molar-refractivity contribution in [1.82, 2.24) is 0 Å². The van der Waals surface area contributed by atoms with E-state index < -0.39 is 5.41 Å². The molecule has 0 saturated carbocycles. The summed E-state index contributed by atoms with van der Waals surface area (Å²) in [5.41, 5.74) is 2.83. The molecule has 0 aliphatic rings. The van der Waals surface area contributed by atoms with Crippen LogP contribution in [0.3, 0.4) is 0 Å². The van der Waals surface area contributed by atoms with Crippen LogP contribution in [0.25, 0.3) is 0 Å². The maximum Gasteiger partial charge on any atom is 0.0626 e. The van der Waals surface area contributed by atoms with E-state index in [2.05, 4.69) is 32.9 Å². The third kappa shape index (κ3) is 4.20. The highest BCUT2D eigenvalue weighted by Gasteiger charge is 2.14. The summed E-state index contributed by atoms with van der Waals surface area (Å²) in [5.74, 6) is 0. The fourth-order valence-electron chi connectivity index (χ4n) is 2.13. The minimum absolute atomic E-state index is 0.0748. The van der Waals surface area contributed by atoms with Crippen molar-refractivity contribution in [2.75, 3.05) is 0 Å². The molecule has 112 valence electrons. The molecule has 0 N–H and O–H groups in total. The van der Waals surface area contributed by atoms with Crippen molar-refractivity contribution in [1.29, 1.82) is 0 Å². The second-order valence-corrected chi connectivity index (χ2v) is 7.73. The van der Waals surface area contributed by atoms with E-state index in [4.69, 9.17) is 5.48 Å². The van der Waals surface area contributed by atoms with Crippen LogP contribution in [-0.2, 0) is 17.3 Å². The fourth-order valence-corrected chi connectivity index (χ4v) is 2.13. The lowest BCUT2D eigenvalue weighted by Gasteiger charge is -2.20. The Bertz CT molecular complexity index is 747. The minimum atomic E-state index is -0.424. The van der Waals surface area contributed by atoms with Gasteiger partial charge in [-0.3, -0.25) is 0 Å². The SMILES string of the molecule is [2H]c1c([2H])c(C(C)(C)C)c([2H])c([2H])c1Cc1ccc(C(C)(C)C)cc1. The molecule has 0 spiro atoms. The molecular weight excluding hydrogens is 252 g/mol. The molecule has 0 atom stereocenters. The van der Waals surface area contributed by atoms with Gasteiger partial charge in [0.25, 0.3) is 0 Å². The Kier molecular flexibility index (Phi) is 2.99. The highest BCUT2D eigenvalue weighted by atomic mass is 14.2. The Morgan fingerprint density at radius 3 is 1.57 bits per heavy atom. The molecule has 0 unspecified atom stereocenters. The van der Waals surface area contributed by atoms with E-state index in [-0.39, 0.29) is 29.6 Å². The van der Waals surface area contributed by atoms with Crippen LogP contribution < -0.4 is 0 Å². The molecule has 0 heterocycles. The van der Waals surface area contributed by atoms with Crippen LogP contribution in [0, 0.1) is 0 Å². The molecule has 2 aromatic carbocycles. The predicted octanol–water partition coefficient (Wildman–Crippen LogP) is 5.87. The molecule has 0 radical (unpaired) electrons. The van der Waals surface area contributed by atoms with Gasteiger partial charge in [0.1, 0.15) is 0 Å². The molecule has 2 rings (SSSR count). The van der Waals surface area contributed by atoms with Crippen molar-refractivity contribution in [3.05, 3.63) is 70.7 Å². The maximum atomic E-state index is 8.35. The summed E-state index contributed by atoms with van der Waals surface area (Å²) in [6.45, 7) is 12.2. The van der Waals surface area contributed by atoms with Crippen molar-refractivity contribution in [3.63, 3.8) is 0 Å². The van der Waals surface area contributed by atoms with Gasteiger partial charge >= 0.3 is 0 Å². The van der Waals surface area contributed by atoms with E-state index in [9.17, 15) is 0 Å². The first-order chi connectivity index (χ1) is 11.3. The molecule has 0 aliphatic heterocycles. The average Bonchev–Trinajstić information content (AvgIpc) is 2.48. The van der Waals surface area contributed by atoms with Crippen LogP contribution in [0.1, 0.15) is 69.3 Å². The van der Waals surface area contributed by atoms with Gasteiger partial charge in [-0.15, -0.1) is 0 Å². The first-order valence-corrected chi connectivity index (χ1v) is 7.53. The van der Waals surface area contributed by atoms with Gasteiger partial charge in [-0.25, -0.2) is 0 Å². The quantitative estimate of drug-likeness (QED) is 0.646. The van der Waals surface area contributed by atoms with E-state index in [1.807, 2.05) is 32.9 Å². The van der Waals surface area contributed by atoms with Crippen molar-refractivity contribution >= 4 is 0 Å². The summed E-state index contributed by atoms with van der Waals surface area (Å²) in [4.78, 5) is 0. The largest absolute Gasteiger partial charge is 0.0626 e. The summed E-state index contributed by atoms with van der Waals surface area (Å²) in [6.07, 6.45) is 0.407. The zero-order valence-electron chi connectivity index (χ0n) is 18.0. The van der Waals surface area contributed by atoms with Gasteiger partial charge in [0.15, 0.2) is 0 Å². The minimum Gasteiger partial charge on any atom is -0.0584 e.